The number of hydrogen-bond acceptors (Lipinski definition) is 2. The summed E-state index contributed by atoms with van der Waals surface area (Å²) in [6.45, 7) is 4.67. The molecule has 1 aliphatic rings. The van der Waals surface area contributed by atoms with Crippen LogP contribution in [0, 0.1) is 5.92 Å². The van der Waals surface area contributed by atoms with E-state index < -0.39 is 5.60 Å². The van der Waals surface area contributed by atoms with Gasteiger partial charge in [0.15, 0.2) is 0 Å². The number of nitrogens with one attached hydrogen (secondary N) is 1. The van der Waals surface area contributed by atoms with Crippen LogP contribution in [-0.4, -0.2) is 23.2 Å². The van der Waals surface area contributed by atoms with Gasteiger partial charge < -0.3 is 10.4 Å². The Bertz CT molecular complexity index is 230. The van der Waals surface area contributed by atoms with Crippen molar-refractivity contribution >= 4 is 5.91 Å². The molecular formula is C14H27NO2. The molecule has 1 amide bonds. The summed E-state index contributed by atoms with van der Waals surface area (Å²) in [5.74, 6) is 0.637. The van der Waals surface area contributed by atoms with Gasteiger partial charge in [0.05, 0.1) is 5.60 Å². The highest BCUT2D eigenvalue weighted by atomic mass is 16.3. The number of aliphatic hydroxyl groups is 1. The molecule has 0 radical (unpaired) electrons. The van der Waals surface area contributed by atoms with Gasteiger partial charge in [-0.3, -0.25) is 4.79 Å². The summed E-state index contributed by atoms with van der Waals surface area (Å²) in [5.41, 5.74) is -0.649. The van der Waals surface area contributed by atoms with Crippen LogP contribution in [0.4, 0.5) is 0 Å². The summed E-state index contributed by atoms with van der Waals surface area (Å²) in [5, 5.41) is 13.2. The quantitative estimate of drug-likeness (QED) is 0.727. The molecule has 0 aromatic carbocycles. The summed E-state index contributed by atoms with van der Waals surface area (Å²) in [4.78, 5) is 11.6. The average molecular weight is 241 g/mol. The van der Waals surface area contributed by atoms with Crippen molar-refractivity contribution in [1.82, 2.24) is 5.32 Å². The molecule has 0 atom stereocenters. The van der Waals surface area contributed by atoms with Crippen molar-refractivity contribution in [3.8, 4) is 0 Å². The Kier molecular flexibility index (Phi) is 5.96. The van der Waals surface area contributed by atoms with Gasteiger partial charge in [-0.1, -0.05) is 39.5 Å². The van der Waals surface area contributed by atoms with Gasteiger partial charge in [-0.25, -0.2) is 0 Å². The Labute approximate surface area is 105 Å². The standard InChI is InChI=1S/C14H27NO2/c1-12(2)7-8-13(16)15-11-14(17)9-5-3-4-6-10-14/h12,17H,3-11H2,1-2H3,(H,15,16). The molecule has 0 saturated heterocycles. The molecule has 0 heterocycles. The number of hydrogen-bond donors (Lipinski definition) is 2. The zero-order chi connectivity index (χ0) is 12.7. The number of amides is 1. The smallest absolute Gasteiger partial charge is 0.220 e. The van der Waals surface area contributed by atoms with Gasteiger partial charge >= 0.3 is 0 Å². The highest BCUT2D eigenvalue weighted by Crippen LogP contribution is 2.26. The van der Waals surface area contributed by atoms with Crippen LogP contribution in [0.25, 0.3) is 0 Å². The topological polar surface area (TPSA) is 49.3 Å². The third kappa shape index (κ3) is 6.06. The Hall–Kier alpha value is -0.570. The highest BCUT2D eigenvalue weighted by Gasteiger charge is 2.28. The summed E-state index contributed by atoms with van der Waals surface area (Å²) in [7, 11) is 0. The van der Waals surface area contributed by atoms with E-state index in [1.807, 2.05) is 0 Å². The molecule has 0 aliphatic heterocycles. The van der Waals surface area contributed by atoms with E-state index in [0.717, 1.165) is 32.1 Å². The molecule has 1 fully saturated rings. The minimum atomic E-state index is -0.649. The zero-order valence-corrected chi connectivity index (χ0v) is 11.3. The van der Waals surface area contributed by atoms with Crippen molar-refractivity contribution in [1.29, 1.82) is 0 Å². The molecule has 1 rings (SSSR count). The van der Waals surface area contributed by atoms with E-state index >= 15 is 0 Å². The summed E-state index contributed by atoms with van der Waals surface area (Å²) in [6, 6.07) is 0. The molecule has 3 heteroatoms. The van der Waals surface area contributed by atoms with Crippen LogP contribution in [0.1, 0.15) is 65.2 Å². The monoisotopic (exact) mass is 241 g/mol. The third-order valence-electron chi connectivity index (χ3n) is 3.60. The lowest BCUT2D eigenvalue weighted by Gasteiger charge is -2.26. The first-order chi connectivity index (χ1) is 8.02. The molecule has 3 nitrogen and oxygen atoms in total. The lowest BCUT2D eigenvalue weighted by Crippen LogP contribution is -2.42. The van der Waals surface area contributed by atoms with Crippen molar-refractivity contribution in [2.24, 2.45) is 5.92 Å². The lowest BCUT2D eigenvalue weighted by molar-refractivity contribution is -0.122. The first-order valence-corrected chi connectivity index (χ1v) is 7.01. The zero-order valence-electron chi connectivity index (χ0n) is 11.3. The molecule has 100 valence electrons. The summed E-state index contributed by atoms with van der Waals surface area (Å²) >= 11 is 0. The first-order valence-electron chi connectivity index (χ1n) is 7.01. The van der Waals surface area contributed by atoms with E-state index in [4.69, 9.17) is 0 Å². The van der Waals surface area contributed by atoms with Crippen LogP contribution < -0.4 is 5.32 Å². The lowest BCUT2D eigenvalue weighted by atomic mass is 9.94. The average Bonchev–Trinajstić information content (AvgIpc) is 2.49. The van der Waals surface area contributed by atoms with Gasteiger partial charge in [-0.05, 0) is 25.2 Å². The summed E-state index contributed by atoms with van der Waals surface area (Å²) < 4.78 is 0. The van der Waals surface area contributed by atoms with Crippen molar-refractivity contribution in [2.45, 2.75) is 70.8 Å². The first kappa shape index (κ1) is 14.5. The summed E-state index contributed by atoms with van der Waals surface area (Å²) in [6.07, 6.45) is 7.75. The van der Waals surface area contributed by atoms with E-state index in [-0.39, 0.29) is 5.91 Å². The SMILES string of the molecule is CC(C)CCC(=O)NCC1(O)CCCCCC1. The fourth-order valence-corrected chi connectivity index (χ4v) is 2.33. The molecule has 0 unspecified atom stereocenters. The molecule has 2 N–H and O–H groups in total. The van der Waals surface area contributed by atoms with Crippen LogP contribution in [0.3, 0.4) is 0 Å². The van der Waals surface area contributed by atoms with Crippen LogP contribution in [0.15, 0.2) is 0 Å². The van der Waals surface area contributed by atoms with Gasteiger partial charge in [0, 0.05) is 13.0 Å². The highest BCUT2D eigenvalue weighted by molar-refractivity contribution is 5.75. The van der Waals surface area contributed by atoms with E-state index in [1.54, 1.807) is 0 Å². The Morgan fingerprint density at radius 2 is 1.82 bits per heavy atom. The van der Waals surface area contributed by atoms with Crippen LogP contribution in [0.2, 0.25) is 0 Å². The number of carbonyl (C=O) groups excluding carboxylic acids is 1. The second-order valence-electron chi connectivity index (χ2n) is 5.85. The Balaban J connectivity index is 2.25. The van der Waals surface area contributed by atoms with Gasteiger partial charge in [0.1, 0.15) is 0 Å². The fraction of sp³-hybridized carbons (Fsp3) is 0.929. The van der Waals surface area contributed by atoms with Crippen molar-refractivity contribution in [3.63, 3.8) is 0 Å². The molecule has 17 heavy (non-hydrogen) atoms. The van der Waals surface area contributed by atoms with Gasteiger partial charge in [0.2, 0.25) is 5.91 Å². The Morgan fingerprint density at radius 1 is 1.24 bits per heavy atom. The molecule has 1 aliphatic carbocycles. The van der Waals surface area contributed by atoms with Crippen molar-refractivity contribution < 1.29 is 9.90 Å². The largest absolute Gasteiger partial charge is 0.388 e. The molecule has 0 spiro atoms. The van der Waals surface area contributed by atoms with Crippen LogP contribution in [0.5, 0.6) is 0 Å². The van der Waals surface area contributed by atoms with E-state index in [9.17, 15) is 9.90 Å². The third-order valence-corrected chi connectivity index (χ3v) is 3.60. The maximum absolute atomic E-state index is 11.6. The second kappa shape index (κ2) is 7.00. The van der Waals surface area contributed by atoms with Gasteiger partial charge in [0.25, 0.3) is 0 Å². The van der Waals surface area contributed by atoms with Gasteiger partial charge in [-0.15, -0.1) is 0 Å². The molecule has 0 bridgehead atoms. The predicted molar refractivity (Wildman–Crippen MR) is 69.7 cm³/mol. The maximum Gasteiger partial charge on any atom is 0.220 e. The van der Waals surface area contributed by atoms with E-state index in [2.05, 4.69) is 19.2 Å². The van der Waals surface area contributed by atoms with Crippen LogP contribution in [-0.2, 0) is 4.79 Å². The van der Waals surface area contributed by atoms with Gasteiger partial charge in [-0.2, -0.15) is 0 Å². The van der Waals surface area contributed by atoms with Crippen LogP contribution >= 0.6 is 0 Å². The molecule has 0 aromatic rings. The van der Waals surface area contributed by atoms with E-state index in [0.29, 0.717) is 18.9 Å². The number of carbonyl (C=O) groups is 1. The molecule has 1 saturated carbocycles. The number of rotatable bonds is 5. The minimum Gasteiger partial charge on any atom is -0.388 e. The molecule has 0 aromatic heterocycles. The Morgan fingerprint density at radius 3 is 2.35 bits per heavy atom. The van der Waals surface area contributed by atoms with Crippen molar-refractivity contribution in [2.75, 3.05) is 6.54 Å². The van der Waals surface area contributed by atoms with Crippen molar-refractivity contribution in [3.05, 3.63) is 0 Å². The minimum absolute atomic E-state index is 0.0800. The van der Waals surface area contributed by atoms with E-state index in [1.165, 1.54) is 12.8 Å². The maximum atomic E-state index is 11.6. The normalized spacial score (nSPS) is 20.0. The second-order valence-corrected chi connectivity index (χ2v) is 5.85. The predicted octanol–water partition coefficient (Wildman–Crippen LogP) is 2.62. The fourth-order valence-electron chi connectivity index (χ4n) is 2.33. The molecular weight excluding hydrogens is 214 g/mol.